The number of esters is 1. The van der Waals surface area contributed by atoms with E-state index in [-0.39, 0.29) is 18.9 Å². The van der Waals surface area contributed by atoms with Crippen molar-refractivity contribution in [3.05, 3.63) is 135 Å². The molecule has 45 heavy (non-hydrogen) atoms. The maximum absolute atomic E-state index is 14.0. The Kier molecular flexibility index (Phi) is 9.76. The van der Waals surface area contributed by atoms with E-state index < -0.39 is 25.5 Å². The Morgan fingerprint density at radius 2 is 1.62 bits per heavy atom. The highest BCUT2D eigenvalue weighted by atomic mass is 32.2. The minimum Gasteiger partial charge on any atom is -0.469 e. The molecule has 4 aromatic carbocycles. The quantitative estimate of drug-likeness (QED) is 0.0623. The number of nitro groups is 1. The summed E-state index contributed by atoms with van der Waals surface area (Å²) in [4.78, 5) is 31.3. The maximum atomic E-state index is 14.0. The molecule has 0 radical (unpaired) electrons. The van der Waals surface area contributed by atoms with Crippen molar-refractivity contribution in [3.8, 4) is 11.3 Å². The minimum atomic E-state index is -4.37. The maximum Gasteiger partial charge on any atom is 0.305 e. The van der Waals surface area contributed by atoms with Crippen LogP contribution in [0.15, 0.2) is 118 Å². The van der Waals surface area contributed by atoms with Gasteiger partial charge in [0.25, 0.3) is 15.7 Å². The number of nitrogens with zero attached hydrogens (tertiary/aromatic N) is 4. The second-order valence-corrected chi connectivity index (χ2v) is 12.6. The summed E-state index contributed by atoms with van der Waals surface area (Å²) >= 11 is 1.48. The Balaban J connectivity index is 1.39. The Morgan fingerprint density at radius 3 is 2.31 bits per heavy atom. The summed E-state index contributed by atoms with van der Waals surface area (Å²) < 4.78 is 33.8. The van der Waals surface area contributed by atoms with Gasteiger partial charge in [-0.05, 0) is 47.9 Å². The molecular formula is C33H28N4O6S2. The molecule has 1 heterocycles. The minimum absolute atomic E-state index is 0.0905. The van der Waals surface area contributed by atoms with Crippen LogP contribution >= 0.6 is 11.3 Å². The third-order valence-corrected chi connectivity index (χ3v) is 9.48. The Hall–Kier alpha value is -5.20. The SMILES string of the molecule is COC(=O)CCc1ccc(N(Cc2ccc(N=Cc3nc(-c4ccccc4)cs3)cc2)S(=O)(=O)c2ccccc2[N+](=O)[O-])cc1. The Labute approximate surface area is 264 Å². The number of benzene rings is 4. The molecule has 0 bridgehead atoms. The molecule has 0 amide bonds. The Bertz CT molecular complexity index is 1920. The lowest BCUT2D eigenvalue weighted by Crippen LogP contribution is -2.31. The molecule has 0 fully saturated rings. The van der Waals surface area contributed by atoms with Gasteiger partial charge in [0.15, 0.2) is 4.90 Å². The first kappa shape index (κ1) is 31.2. The number of aromatic nitrogens is 1. The standard InChI is InChI=1S/C33H28N4O6S2/c1-43-33(38)20-15-24-13-18-28(19-14-24)36(45(41,42)31-10-6-5-9-30(31)37(39)40)22-25-11-16-27(17-12-25)34-21-32-35-29(23-44-32)26-7-3-2-4-8-26/h2-14,16-19,21,23H,15,20,22H2,1H3. The monoisotopic (exact) mass is 640 g/mol. The second kappa shape index (κ2) is 14.1. The van der Waals surface area contributed by atoms with Crippen LogP contribution in [0.2, 0.25) is 0 Å². The summed E-state index contributed by atoms with van der Waals surface area (Å²) in [6.45, 7) is -0.0905. The van der Waals surface area contributed by atoms with Crippen LogP contribution in [-0.4, -0.2) is 37.6 Å². The fraction of sp³-hybridized carbons (Fsp3) is 0.121. The molecular weight excluding hydrogens is 613 g/mol. The molecule has 1 aromatic heterocycles. The fourth-order valence-corrected chi connectivity index (χ4v) is 6.81. The van der Waals surface area contributed by atoms with Crippen molar-refractivity contribution in [2.75, 3.05) is 11.4 Å². The van der Waals surface area contributed by atoms with E-state index in [1.807, 2.05) is 35.7 Å². The third kappa shape index (κ3) is 7.66. The molecule has 5 aromatic rings. The number of aliphatic imine (C=N–C) groups is 1. The van der Waals surface area contributed by atoms with Gasteiger partial charge >= 0.3 is 5.97 Å². The van der Waals surface area contributed by atoms with Crippen LogP contribution < -0.4 is 4.31 Å². The number of hydrogen-bond acceptors (Lipinski definition) is 9. The van der Waals surface area contributed by atoms with Crippen LogP contribution in [0.25, 0.3) is 11.3 Å². The van der Waals surface area contributed by atoms with Crippen molar-refractivity contribution in [3.63, 3.8) is 0 Å². The van der Waals surface area contributed by atoms with E-state index >= 15 is 0 Å². The number of sulfonamides is 1. The zero-order chi connectivity index (χ0) is 31.8. The molecule has 10 nitrogen and oxygen atoms in total. The largest absolute Gasteiger partial charge is 0.469 e. The van der Waals surface area contributed by atoms with E-state index in [2.05, 4.69) is 9.98 Å². The lowest BCUT2D eigenvalue weighted by molar-refractivity contribution is -0.387. The highest BCUT2D eigenvalue weighted by Crippen LogP contribution is 2.32. The first-order valence-electron chi connectivity index (χ1n) is 13.8. The average Bonchev–Trinajstić information content (AvgIpc) is 3.55. The van der Waals surface area contributed by atoms with Gasteiger partial charge in [0.1, 0.15) is 5.01 Å². The number of thiazole rings is 1. The van der Waals surface area contributed by atoms with Crippen molar-refractivity contribution in [1.82, 2.24) is 4.98 Å². The van der Waals surface area contributed by atoms with E-state index in [0.717, 1.165) is 26.1 Å². The number of carbonyl (C=O) groups excluding carboxylic acids is 1. The lowest BCUT2D eigenvalue weighted by Gasteiger charge is -2.25. The topological polar surface area (TPSA) is 132 Å². The zero-order valence-electron chi connectivity index (χ0n) is 24.1. The second-order valence-electron chi connectivity index (χ2n) is 9.84. The average molecular weight is 641 g/mol. The third-order valence-electron chi connectivity index (χ3n) is 6.88. The number of methoxy groups -OCH3 is 1. The molecule has 12 heteroatoms. The molecule has 0 saturated heterocycles. The Morgan fingerprint density at radius 1 is 0.956 bits per heavy atom. The summed E-state index contributed by atoms with van der Waals surface area (Å²) in [5, 5.41) is 14.4. The van der Waals surface area contributed by atoms with E-state index in [0.29, 0.717) is 23.4 Å². The lowest BCUT2D eigenvalue weighted by atomic mass is 10.1. The highest BCUT2D eigenvalue weighted by molar-refractivity contribution is 7.93. The molecule has 0 N–H and O–H groups in total. The van der Waals surface area contributed by atoms with Crippen molar-refractivity contribution in [2.24, 2.45) is 4.99 Å². The van der Waals surface area contributed by atoms with E-state index in [4.69, 9.17) is 4.74 Å². The molecule has 0 unspecified atom stereocenters. The van der Waals surface area contributed by atoms with Crippen LogP contribution in [0.3, 0.4) is 0 Å². The van der Waals surface area contributed by atoms with Gasteiger partial charge in [-0.25, -0.2) is 13.4 Å². The van der Waals surface area contributed by atoms with Crippen molar-refractivity contribution < 1.29 is 22.9 Å². The van der Waals surface area contributed by atoms with Gasteiger partial charge in [-0.1, -0.05) is 66.7 Å². The summed E-state index contributed by atoms with van der Waals surface area (Å²) in [5.74, 6) is -0.351. The molecule has 0 saturated carbocycles. The highest BCUT2D eigenvalue weighted by Gasteiger charge is 2.32. The van der Waals surface area contributed by atoms with E-state index in [9.17, 15) is 23.3 Å². The van der Waals surface area contributed by atoms with Crippen LogP contribution in [0.4, 0.5) is 17.1 Å². The summed E-state index contributed by atoms with van der Waals surface area (Å²) in [6.07, 6.45) is 2.28. The molecule has 0 aliphatic heterocycles. The van der Waals surface area contributed by atoms with E-state index in [1.165, 1.54) is 42.7 Å². The van der Waals surface area contributed by atoms with Gasteiger partial charge in [0.05, 0.1) is 41.9 Å². The fourth-order valence-electron chi connectivity index (χ4n) is 4.51. The molecule has 0 aliphatic carbocycles. The molecule has 0 atom stereocenters. The predicted octanol–water partition coefficient (Wildman–Crippen LogP) is 6.97. The summed E-state index contributed by atoms with van der Waals surface area (Å²) in [7, 11) is -3.05. The van der Waals surface area contributed by atoms with Crippen LogP contribution in [0.1, 0.15) is 22.6 Å². The number of hydrogen-bond donors (Lipinski definition) is 0. The normalized spacial score (nSPS) is 11.4. The number of carbonyl (C=O) groups is 1. The first-order chi connectivity index (χ1) is 21.7. The number of anilines is 1. The van der Waals surface area contributed by atoms with Crippen LogP contribution in [-0.2, 0) is 32.5 Å². The van der Waals surface area contributed by atoms with E-state index in [1.54, 1.807) is 54.7 Å². The number of para-hydroxylation sites is 1. The predicted molar refractivity (Wildman–Crippen MR) is 174 cm³/mol. The summed E-state index contributed by atoms with van der Waals surface area (Å²) in [5.41, 5.74) is 3.80. The van der Waals surface area contributed by atoms with Crippen LogP contribution in [0, 0.1) is 10.1 Å². The van der Waals surface area contributed by atoms with Crippen molar-refractivity contribution >= 4 is 50.6 Å². The van der Waals surface area contributed by atoms with Gasteiger partial charge in [0, 0.05) is 23.4 Å². The van der Waals surface area contributed by atoms with Crippen molar-refractivity contribution in [2.45, 2.75) is 24.3 Å². The van der Waals surface area contributed by atoms with Gasteiger partial charge in [-0.3, -0.25) is 24.2 Å². The van der Waals surface area contributed by atoms with Crippen LogP contribution in [0.5, 0.6) is 0 Å². The smallest absolute Gasteiger partial charge is 0.305 e. The molecule has 0 aliphatic rings. The summed E-state index contributed by atoms with van der Waals surface area (Å²) in [6, 6.07) is 28.9. The number of rotatable bonds is 12. The molecule has 5 rings (SSSR count). The van der Waals surface area contributed by atoms with Gasteiger partial charge in [-0.2, -0.15) is 0 Å². The van der Waals surface area contributed by atoms with Gasteiger partial charge in [-0.15, -0.1) is 11.3 Å². The molecule has 0 spiro atoms. The van der Waals surface area contributed by atoms with Crippen molar-refractivity contribution in [1.29, 1.82) is 0 Å². The first-order valence-corrected chi connectivity index (χ1v) is 16.1. The number of aryl methyl sites for hydroxylation is 1. The molecule has 228 valence electrons. The van der Waals surface area contributed by atoms with Gasteiger partial charge in [0.2, 0.25) is 0 Å². The zero-order valence-corrected chi connectivity index (χ0v) is 25.8. The van der Waals surface area contributed by atoms with Gasteiger partial charge < -0.3 is 4.74 Å². The number of ether oxygens (including phenoxy) is 1. The number of nitro benzene ring substituents is 1.